The Morgan fingerprint density at radius 2 is 1.77 bits per heavy atom. The number of nitrogens with zero attached hydrogens (tertiary/aromatic N) is 4. The number of carbonyl (C=O) groups excluding carboxylic acids is 2. The van der Waals surface area contributed by atoms with Gasteiger partial charge in [-0.25, -0.2) is 4.99 Å². The Kier molecular flexibility index (Phi) is 9.48. The van der Waals surface area contributed by atoms with E-state index in [-0.39, 0.29) is 18.2 Å². The van der Waals surface area contributed by atoms with Crippen LogP contribution in [0.15, 0.2) is 82.0 Å². The lowest BCUT2D eigenvalue weighted by Gasteiger charge is -2.38. The molecule has 2 aliphatic rings. The number of allylic oxidation sites excluding steroid dienone is 1. The molecule has 1 unspecified atom stereocenters. The highest BCUT2D eigenvalue weighted by Crippen LogP contribution is 2.45. The minimum absolute atomic E-state index is 0.0497. The van der Waals surface area contributed by atoms with Gasteiger partial charge >= 0.3 is 0 Å². The highest BCUT2D eigenvalue weighted by atomic mass is 32.2. The molecule has 0 aliphatic carbocycles. The molecule has 0 spiro atoms. The van der Waals surface area contributed by atoms with Crippen LogP contribution in [-0.4, -0.2) is 72.0 Å². The number of hydrogen-bond acceptors (Lipinski definition) is 7. The van der Waals surface area contributed by atoms with Crippen molar-refractivity contribution in [2.24, 2.45) is 4.99 Å². The zero-order valence-corrected chi connectivity index (χ0v) is 24.1. The van der Waals surface area contributed by atoms with Crippen molar-refractivity contribution in [3.8, 4) is 11.5 Å². The van der Waals surface area contributed by atoms with Gasteiger partial charge in [0.1, 0.15) is 11.5 Å². The molecule has 8 nitrogen and oxygen atoms in total. The molecule has 2 aromatic rings. The minimum atomic E-state index is -0.444. The van der Waals surface area contributed by atoms with Crippen LogP contribution in [0.4, 0.5) is 0 Å². The number of fused-ring (bicyclic) bond motifs is 1. The summed E-state index contributed by atoms with van der Waals surface area (Å²) in [6, 6.07) is 17.0. The summed E-state index contributed by atoms with van der Waals surface area (Å²) in [6.45, 7) is 8.37. The summed E-state index contributed by atoms with van der Waals surface area (Å²) in [4.78, 5) is 37.5. The predicted molar refractivity (Wildman–Crippen MR) is 157 cm³/mol. The highest BCUT2D eigenvalue weighted by molar-refractivity contribution is 8.16. The molecule has 2 heterocycles. The van der Waals surface area contributed by atoms with Gasteiger partial charge in [0.05, 0.1) is 23.7 Å². The highest BCUT2D eigenvalue weighted by Gasteiger charge is 2.41. The van der Waals surface area contributed by atoms with Crippen LogP contribution in [0, 0.1) is 0 Å². The minimum Gasteiger partial charge on any atom is -0.457 e. The Balaban J connectivity index is 1.70. The van der Waals surface area contributed by atoms with Crippen LogP contribution < -0.4 is 10.1 Å². The fourth-order valence-electron chi connectivity index (χ4n) is 4.66. The van der Waals surface area contributed by atoms with Gasteiger partial charge in [0.25, 0.3) is 5.91 Å². The molecule has 0 fully saturated rings. The van der Waals surface area contributed by atoms with Gasteiger partial charge in [-0.15, -0.1) is 0 Å². The van der Waals surface area contributed by atoms with E-state index in [0.29, 0.717) is 36.7 Å². The second-order valence-corrected chi connectivity index (χ2v) is 10.5. The molecule has 0 radical (unpaired) electrons. The van der Waals surface area contributed by atoms with Crippen molar-refractivity contribution < 1.29 is 14.3 Å². The molecule has 0 aromatic heterocycles. The van der Waals surface area contributed by atoms with Crippen molar-refractivity contribution in [3.05, 3.63) is 82.5 Å². The van der Waals surface area contributed by atoms with Gasteiger partial charge in [0.2, 0.25) is 5.91 Å². The summed E-state index contributed by atoms with van der Waals surface area (Å²) < 4.78 is 6.14. The van der Waals surface area contributed by atoms with Crippen LogP contribution in [0.2, 0.25) is 0 Å². The largest absolute Gasteiger partial charge is 0.457 e. The smallest absolute Gasteiger partial charge is 0.254 e. The van der Waals surface area contributed by atoms with Crippen LogP contribution in [0.25, 0.3) is 0 Å². The third kappa shape index (κ3) is 6.72. The summed E-state index contributed by atoms with van der Waals surface area (Å²) in [7, 11) is 3.95. The van der Waals surface area contributed by atoms with Crippen molar-refractivity contribution in [1.82, 2.24) is 20.0 Å². The molecular weight excluding hydrogens is 510 g/mol. The summed E-state index contributed by atoms with van der Waals surface area (Å²) in [5.74, 6) is 1.30. The maximum absolute atomic E-state index is 13.9. The Hall–Kier alpha value is -3.56. The van der Waals surface area contributed by atoms with Crippen molar-refractivity contribution >= 4 is 28.7 Å². The molecule has 2 aliphatic heterocycles. The summed E-state index contributed by atoms with van der Waals surface area (Å²) >= 11 is 1.48. The van der Waals surface area contributed by atoms with Gasteiger partial charge in [-0.1, -0.05) is 42.1 Å². The number of para-hydroxylation sites is 1. The average Bonchev–Trinajstić information content (AvgIpc) is 3.30. The second-order valence-electron chi connectivity index (χ2n) is 9.69. The Morgan fingerprint density at radius 3 is 2.46 bits per heavy atom. The first-order chi connectivity index (χ1) is 18.8. The zero-order chi connectivity index (χ0) is 27.9. The number of carbonyl (C=O) groups is 2. The number of benzene rings is 2. The lowest BCUT2D eigenvalue weighted by Crippen LogP contribution is -2.42. The number of nitrogens with one attached hydrogen (secondary N) is 1. The second kappa shape index (κ2) is 13.0. The molecule has 9 heteroatoms. The SMILES string of the molecule is CCN(CC)C(=O)C1=C(C)N=C2SC=C(CC(=O)NCCN(C)C)N2C1c1cccc(Oc2ccccc2)c1. The van der Waals surface area contributed by atoms with E-state index >= 15 is 0 Å². The van der Waals surface area contributed by atoms with Crippen LogP contribution in [0.3, 0.4) is 0 Å². The van der Waals surface area contributed by atoms with Crippen LogP contribution in [0.1, 0.15) is 38.8 Å². The Labute approximate surface area is 235 Å². The zero-order valence-electron chi connectivity index (χ0n) is 23.3. The molecule has 4 rings (SSSR count). The van der Waals surface area contributed by atoms with Crippen molar-refractivity contribution in [2.75, 3.05) is 40.3 Å². The van der Waals surface area contributed by atoms with Gasteiger partial charge in [-0.05, 0) is 70.1 Å². The van der Waals surface area contributed by atoms with E-state index in [1.807, 2.05) is 110 Å². The number of rotatable bonds is 11. The van der Waals surface area contributed by atoms with Crippen molar-refractivity contribution in [2.45, 2.75) is 33.2 Å². The molecule has 206 valence electrons. The van der Waals surface area contributed by atoms with E-state index in [1.165, 1.54) is 11.8 Å². The van der Waals surface area contributed by atoms with E-state index in [9.17, 15) is 9.59 Å². The van der Waals surface area contributed by atoms with Crippen molar-refractivity contribution in [3.63, 3.8) is 0 Å². The number of likely N-dealkylation sites (N-methyl/N-ethyl adjacent to an activating group) is 2. The monoisotopic (exact) mass is 547 g/mol. The summed E-state index contributed by atoms with van der Waals surface area (Å²) in [6.07, 6.45) is 0.196. The third-order valence-electron chi connectivity index (χ3n) is 6.66. The molecule has 2 aromatic carbocycles. The van der Waals surface area contributed by atoms with Crippen LogP contribution >= 0.6 is 11.8 Å². The fraction of sp³-hybridized carbons (Fsp3) is 0.367. The topological polar surface area (TPSA) is 77.5 Å². The Morgan fingerprint density at radius 1 is 1.05 bits per heavy atom. The van der Waals surface area contributed by atoms with Gasteiger partial charge in [-0.2, -0.15) is 0 Å². The van der Waals surface area contributed by atoms with Gasteiger partial charge in [0, 0.05) is 31.9 Å². The molecule has 0 saturated heterocycles. The molecule has 0 bridgehead atoms. The first kappa shape index (κ1) is 28.4. The van der Waals surface area contributed by atoms with E-state index in [2.05, 4.69) is 5.32 Å². The standard InChI is InChI=1S/C30H37N5O3S/c1-6-34(7-2)29(37)27-21(3)32-30-35(23(20-39-30)19-26(36)31-16-17-33(4)5)28(27)22-12-11-15-25(18-22)38-24-13-9-8-10-14-24/h8-15,18,20,28H,6-7,16-17,19H2,1-5H3,(H,31,36). The summed E-state index contributed by atoms with van der Waals surface area (Å²) in [5.41, 5.74) is 3.01. The molecular formula is C30H37N5O3S. The fourth-order valence-corrected chi connectivity index (χ4v) is 5.62. The third-order valence-corrected chi connectivity index (χ3v) is 7.55. The number of aliphatic imine (C=N–C) groups is 1. The molecule has 1 atom stereocenters. The lowest BCUT2D eigenvalue weighted by atomic mass is 9.92. The number of amides is 2. The molecule has 1 N–H and O–H groups in total. The number of ether oxygens (including phenoxy) is 1. The van der Waals surface area contributed by atoms with Crippen LogP contribution in [0.5, 0.6) is 11.5 Å². The molecule has 2 amide bonds. The average molecular weight is 548 g/mol. The van der Waals surface area contributed by atoms with E-state index in [1.54, 1.807) is 0 Å². The van der Waals surface area contributed by atoms with E-state index in [4.69, 9.17) is 9.73 Å². The number of hydrogen-bond donors (Lipinski definition) is 1. The molecule has 0 saturated carbocycles. The van der Waals surface area contributed by atoms with Gasteiger partial charge < -0.3 is 24.8 Å². The lowest BCUT2D eigenvalue weighted by molar-refractivity contribution is -0.127. The van der Waals surface area contributed by atoms with E-state index < -0.39 is 6.04 Å². The van der Waals surface area contributed by atoms with Gasteiger partial charge in [0.15, 0.2) is 5.17 Å². The predicted octanol–water partition coefficient (Wildman–Crippen LogP) is 4.99. The normalized spacial score (nSPS) is 16.6. The first-order valence-corrected chi connectivity index (χ1v) is 14.2. The van der Waals surface area contributed by atoms with Gasteiger partial charge in [-0.3, -0.25) is 9.59 Å². The molecule has 39 heavy (non-hydrogen) atoms. The quantitative estimate of drug-likeness (QED) is 0.427. The first-order valence-electron chi connectivity index (χ1n) is 13.3. The maximum atomic E-state index is 13.9. The maximum Gasteiger partial charge on any atom is 0.254 e. The van der Waals surface area contributed by atoms with E-state index in [0.717, 1.165) is 28.7 Å². The van der Waals surface area contributed by atoms with Crippen molar-refractivity contribution in [1.29, 1.82) is 0 Å². The number of thioether (sulfide) groups is 1. The van der Waals surface area contributed by atoms with Crippen LogP contribution in [-0.2, 0) is 9.59 Å². The Bertz CT molecular complexity index is 1280. The summed E-state index contributed by atoms with van der Waals surface area (Å²) in [5, 5.41) is 5.74. The number of amidine groups is 1.